The summed E-state index contributed by atoms with van der Waals surface area (Å²) in [6.07, 6.45) is 0.924. The van der Waals surface area contributed by atoms with Crippen LogP contribution in [-0.2, 0) is 13.1 Å². The molecule has 16 heavy (non-hydrogen) atoms. The molecule has 0 radical (unpaired) electrons. The number of hydrogen-bond acceptors (Lipinski definition) is 3. The molecule has 4 nitrogen and oxygen atoms in total. The summed E-state index contributed by atoms with van der Waals surface area (Å²) in [7, 11) is 1.85. The van der Waals surface area contributed by atoms with Crippen molar-refractivity contribution in [3.8, 4) is 0 Å². The van der Waals surface area contributed by atoms with E-state index in [1.807, 2.05) is 20.0 Å². The van der Waals surface area contributed by atoms with Gasteiger partial charge in [-0.1, -0.05) is 20.8 Å². The molecule has 0 fully saturated rings. The highest BCUT2D eigenvalue weighted by atomic mass is 16.1. The van der Waals surface area contributed by atoms with Crippen molar-refractivity contribution in [3.05, 3.63) is 27.7 Å². The van der Waals surface area contributed by atoms with Gasteiger partial charge in [0.25, 0.3) is 5.56 Å². The molecule has 1 N–H and O–H groups in total. The van der Waals surface area contributed by atoms with Gasteiger partial charge in [0.2, 0.25) is 0 Å². The van der Waals surface area contributed by atoms with Crippen molar-refractivity contribution in [2.24, 2.45) is 0 Å². The normalized spacial score (nSPS) is 11.1. The zero-order valence-corrected chi connectivity index (χ0v) is 10.6. The summed E-state index contributed by atoms with van der Waals surface area (Å²) in [5.41, 5.74) is 1.81. The molecule has 0 amide bonds. The highest BCUT2D eigenvalue weighted by Crippen LogP contribution is 2.10. The first-order valence-electron chi connectivity index (χ1n) is 5.85. The topological polar surface area (TPSA) is 46.9 Å². The molecule has 0 aliphatic heterocycles. The molecule has 0 saturated heterocycles. The van der Waals surface area contributed by atoms with Gasteiger partial charge in [-0.15, -0.1) is 0 Å². The largest absolute Gasteiger partial charge is 0.315 e. The molecule has 0 bridgehead atoms. The lowest BCUT2D eigenvalue weighted by Gasteiger charge is -2.11. The van der Waals surface area contributed by atoms with Crippen LogP contribution in [-0.4, -0.2) is 16.8 Å². The summed E-state index contributed by atoms with van der Waals surface area (Å²) in [5.74, 6) is 0.347. The van der Waals surface area contributed by atoms with Gasteiger partial charge in [-0.3, -0.25) is 4.79 Å². The van der Waals surface area contributed by atoms with Crippen LogP contribution in [0.4, 0.5) is 0 Å². The Morgan fingerprint density at radius 2 is 2.19 bits per heavy atom. The second-order valence-electron chi connectivity index (χ2n) is 4.31. The molecule has 0 spiro atoms. The minimum Gasteiger partial charge on any atom is -0.315 e. The van der Waals surface area contributed by atoms with Gasteiger partial charge in [0.15, 0.2) is 0 Å². The molecule has 1 aromatic heterocycles. The number of nitrogens with zero attached hydrogens (tertiary/aromatic N) is 2. The number of rotatable bonds is 5. The molecule has 0 aromatic carbocycles. The Kier molecular flexibility index (Phi) is 4.68. The molecule has 0 atom stereocenters. The zero-order valence-electron chi connectivity index (χ0n) is 10.6. The second-order valence-corrected chi connectivity index (χ2v) is 4.31. The first-order valence-corrected chi connectivity index (χ1v) is 5.85. The molecule has 0 aliphatic rings. The van der Waals surface area contributed by atoms with Crippen molar-refractivity contribution in [2.75, 3.05) is 7.05 Å². The SMILES string of the molecule is CCCn1nc(C(C)C)cc(CNC)c1=O. The first-order chi connectivity index (χ1) is 7.60. The highest BCUT2D eigenvalue weighted by molar-refractivity contribution is 5.15. The Bertz CT molecular complexity index is 365. The Morgan fingerprint density at radius 3 is 2.69 bits per heavy atom. The Morgan fingerprint density at radius 1 is 1.50 bits per heavy atom. The van der Waals surface area contributed by atoms with E-state index < -0.39 is 0 Å². The van der Waals surface area contributed by atoms with E-state index in [0.29, 0.717) is 19.0 Å². The summed E-state index contributed by atoms with van der Waals surface area (Å²) in [4.78, 5) is 12.0. The predicted molar refractivity (Wildman–Crippen MR) is 65.6 cm³/mol. The van der Waals surface area contributed by atoms with Crippen molar-refractivity contribution >= 4 is 0 Å². The molecule has 90 valence electrons. The summed E-state index contributed by atoms with van der Waals surface area (Å²) in [5, 5.41) is 7.40. The molecular formula is C12H21N3O. The van der Waals surface area contributed by atoms with Crippen molar-refractivity contribution in [2.45, 2.75) is 46.2 Å². The van der Waals surface area contributed by atoms with Crippen LogP contribution in [0, 0.1) is 0 Å². The number of aryl methyl sites for hydroxylation is 1. The van der Waals surface area contributed by atoms with E-state index in [4.69, 9.17) is 0 Å². The van der Waals surface area contributed by atoms with Crippen molar-refractivity contribution in [3.63, 3.8) is 0 Å². The van der Waals surface area contributed by atoms with E-state index in [0.717, 1.165) is 17.7 Å². The maximum absolute atomic E-state index is 12.0. The van der Waals surface area contributed by atoms with Gasteiger partial charge in [-0.2, -0.15) is 5.10 Å². The van der Waals surface area contributed by atoms with Crippen LogP contribution in [0.3, 0.4) is 0 Å². The first kappa shape index (κ1) is 12.9. The fourth-order valence-corrected chi connectivity index (χ4v) is 1.58. The summed E-state index contributed by atoms with van der Waals surface area (Å²) in [6.45, 7) is 7.52. The summed E-state index contributed by atoms with van der Waals surface area (Å²) in [6, 6.07) is 1.91. The van der Waals surface area contributed by atoms with Crippen LogP contribution < -0.4 is 10.9 Å². The molecule has 0 unspecified atom stereocenters. The van der Waals surface area contributed by atoms with Crippen molar-refractivity contribution in [1.29, 1.82) is 0 Å². The van der Waals surface area contributed by atoms with Crippen LogP contribution in [0.25, 0.3) is 0 Å². The van der Waals surface area contributed by atoms with Crippen LogP contribution in [0.15, 0.2) is 10.9 Å². The lowest BCUT2D eigenvalue weighted by Crippen LogP contribution is -2.29. The number of hydrogen-bond donors (Lipinski definition) is 1. The lowest BCUT2D eigenvalue weighted by molar-refractivity contribution is 0.538. The van der Waals surface area contributed by atoms with E-state index in [9.17, 15) is 4.79 Å². The molecule has 0 aliphatic carbocycles. The average molecular weight is 223 g/mol. The van der Waals surface area contributed by atoms with Crippen molar-refractivity contribution < 1.29 is 0 Å². The van der Waals surface area contributed by atoms with Gasteiger partial charge < -0.3 is 5.32 Å². The van der Waals surface area contributed by atoms with Crippen LogP contribution in [0.5, 0.6) is 0 Å². The van der Waals surface area contributed by atoms with E-state index in [1.165, 1.54) is 0 Å². The number of aromatic nitrogens is 2. The maximum atomic E-state index is 12.0. The zero-order chi connectivity index (χ0) is 12.1. The second kappa shape index (κ2) is 5.80. The standard InChI is InChI=1S/C12H21N3O/c1-5-6-15-12(16)10(8-13-4)7-11(14-15)9(2)3/h7,9,13H,5-6,8H2,1-4H3. The van der Waals surface area contributed by atoms with Gasteiger partial charge >= 0.3 is 0 Å². The number of nitrogens with one attached hydrogen (secondary N) is 1. The van der Waals surface area contributed by atoms with Gasteiger partial charge in [-0.05, 0) is 25.5 Å². The molecular weight excluding hydrogens is 202 g/mol. The highest BCUT2D eigenvalue weighted by Gasteiger charge is 2.09. The average Bonchev–Trinajstić information content (AvgIpc) is 2.24. The van der Waals surface area contributed by atoms with Gasteiger partial charge in [0.1, 0.15) is 0 Å². The Hall–Kier alpha value is -1.16. The predicted octanol–water partition coefficient (Wildman–Crippen LogP) is 1.50. The van der Waals surface area contributed by atoms with Crippen LogP contribution in [0.1, 0.15) is 44.4 Å². The third-order valence-corrected chi connectivity index (χ3v) is 2.46. The van der Waals surface area contributed by atoms with Gasteiger partial charge in [0.05, 0.1) is 5.69 Å². The Balaban J connectivity index is 3.21. The molecule has 0 saturated carbocycles. The fraction of sp³-hybridized carbons (Fsp3) is 0.667. The van der Waals surface area contributed by atoms with E-state index in [-0.39, 0.29) is 5.56 Å². The lowest BCUT2D eigenvalue weighted by atomic mass is 10.1. The summed E-state index contributed by atoms with van der Waals surface area (Å²) >= 11 is 0. The van der Waals surface area contributed by atoms with E-state index >= 15 is 0 Å². The monoisotopic (exact) mass is 223 g/mol. The quantitative estimate of drug-likeness (QED) is 0.822. The third-order valence-electron chi connectivity index (χ3n) is 2.46. The molecule has 1 heterocycles. The van der Waals surface area contributed by atoms with Gasteiger partial charge in [0, 0.05) is 18.7 Å². The van der Waals surface area contributed by atoms with Crippen molar-refractivity contribution in [1.82, 2.24) is 15.1 Å². The van der Waals surface area contributed by atoms with Crippen LogP contribution >= 0.6 is 0 Å². The summed E-state index contributed by atoms with van der Waals surface area (Å²) < 4.78 is 1.59. The third kappa shape index (κ3) is 2.92. The van der Waals surface area contributed by atoms with Crippen LogP contribution in [0.2, 0.25) is 0 Å². The molecule has 1 rings (SSSR count). The Labute approximate surface area is 96.7 Å². The maximum Gasteiger partial charge on any atom is 0.271 e. The van der Waals surface area contributed by atoms with E-state index in [1.54, 1.807) is 4.68 Å². The molecule has 4 heteroatoms. The smallest absolute Gasteiger partial charge is 0.271 e. The van der Waals surface area contributed by atoms with Gasteiger partial charge in [-0.25, -0.2) is 4.68 Å². The minimum absolute atomic E-state index is 0.0283. The fourth-order valence-electron chi connectivity index (χ4n) is 1.58. The van der Waals surface area contributed by atoms with E-state index in [2.05, 4.69) is 24.3 Å². The minimum atomic E-state index is 0.0283. The molecule has 1 aromatic rings.